The smallest absolute Gasteiger partial charge is 0.270 e. The summed E-state index contributed by atoms with van der Waals surface area (Å²) in [6.45, 7) is 0. The Hall–Kier alpha value is -4.40. The predicted molar refractivity (Wildman–Crippen MR) is 114 cm³/mol. The number of nitrogens with zero attached hydrogens (tertiary/aromatic N) is 2. The van der Waals surface area contributed by atoms with E-state index in [9.17, 15) is 14.9 Å². The Morgan fingerprint density at radius 1 is 1.03 bits per heavy atom. The first-order valence-corrected chi connectivity index (χ1v) is 9.17. The van der Waals surface area contributed by atoms with Crippen molar-refractivity contribution in [1.82, 2.24) is 4.98 Å². The predicted octanol–water partition coefficient (Wildman–Crippen LogP) is 4.67. The topological polar surface area (TPSA) is 117 Å². The van der Waals surface area contributed by atoms with Gasteiger partial charge in [-0.25, -0.2) is 4.98 Å². The molecule has 1 N–H and O–H groups in total. The molecular weight excluding hydrogens is 402 g/mol. The molecule has 0 spiro atoms. The van der Waals surface area contributed by atoms with Crippen LogP contribution in [0, 0.1) is 10.1 Å². The first-order valence-electron chi connectivity index (χ1n) is 9.17. The van der Waals surface area contributed by atoms with Crippen LogP contribution in [-0.2, 0) is 0 Å². The van der Waals surface area contributed by atoms with E-state index < -0.39 is 10.8 Å². The third-order valence-corrected chi connectivity index (χ3v) is 4.60. The fraction of sp³-hybridized carbons (Fsp3) is 0.0909. The van der Waals surface area contributed by atoms with Crippen molar-refractivity contribution in [2.75, 3.05) is 19.5 Å². The quantitative estimate of drug-likeness (QED) is 0.356. The Labute approximate surface area is 176 Å². The number of anilines is 1. The number of benzene rings is 3. The molecule has 0 unspecified atom stereocenters. The maximum absolute atomic E-state index is 12.5. The van der Waals surface area contributed by atoms with Gasteiger partial charge in [-0.3, -0.25) is 14.9 Å². The number of oxazole rings is 1. The van der Waals surface area contributed by atoms with Gasteiger partial charge in [-0.05, 0) is 42.5 Å². The van der Waals surface area contributed by atoms with Crippen LogP contribution in [0.15, 0.2) is 65.1 Å². The van der Waals surface area contributed by atoms with Crippen LogP contribution in [0.1, 0.15) is 10.4 Å². The molecule has 156 valence electrons. The number of carbonyl (C=O) groups is 1. The Kier molecular flexibility index (Phi) is 5.23. The lowest BCUT2D eigenvalue weighted by atomic mass is 10.2. The number of nitrogens with one attached hydrogen (secondary N) is 1. The average Bonchev–Trinajstić information content (AvgIpc) is 3.22. The van der Waals surface area contributed by atoms with Crippen molar-refractivity contribution < 1.29 is 23.6 Å². The monoisotopic (exact) mass is 419 g/mol. The molecule has 0 saturated heterocycles. The molecule has 4 rings (SSSR count). The lowest BCUT2D eigenvalue weighted by Crippen LogP contribution is -2.12. The summed E-state index contributed by atoms with van der Waals surface area (Å²) in [6, 6.07) is 15.9. The highest BCUT2D eigenvalue weighted by molar-refractivity contribution is 6.05. The highest BCUT2D eigenvalue weighted by Crippen LogP contribution is 2.33. The van der Waals surface area contributed by atoms with E-state index in [1.807, 2.05) is 0 Å². The van der Waals surface area contributed by atoms with E-state index in [0.29, 0.717) is 39.7 Å². The number of non-ortho nitro benzene ring substituents is 1. The average molecular weight is 419 g/mol. The highest BCUT2D eigenvalue weighted by Gasteiger charge is 2.15. The molecule has 1 aromatic heterocycles. The molecule has 0 aliphatic heterocycles. The molecule has 9 heteroatoms. The van der Waals surface area contributed by atoms with E-state index in [2.05, 4.69) is 10.3 Å². The number of ether oxygens (including phenoxy) is 2. The van der Waals surface area contributed by atoms with Gasteiger partial charge in [0.1, 0.15) is 5.52 Å². The third kappa shape index (κ3) is 4.01. The standard InChI is InChI=1S/C22H17N3O6/c1-29-19-8-6-14(11-20(19)30-2)22-24-17-12-15(7-9-18(17)31-22)23-21(26)13-4-3-5-16(10-13)25(27)28/h3-12H,1-2H3,(H,23,26). The summed E-state index contributed by atoms with van der Waals surface area (Å²) >= 11 is 0. The van der Waals surface area contributed by atoms with Crippen LogP contribution in [0.25, 0.3) is 22.6 Å². The summed E-state index contributed by atoms with van der Waals surface area (Å²) in [7, 11) is 3.10. The minimum absolute atomic E-state index is 0.154. The molecule has 1 heterocycles. The highest BCUT2D eigenvalue weighted by atomic mass is 16.6. The number of fused-ring (bicyclic) bond motifs is 1. The van der Waals surface area contributed by atoms with Crippen molar-refractivity contribution in [3.8, 4) is 23.0 Å². The van der Waals surface area contributed by atoms with Crippen molar-refractivity contribution in [1.29, 1.82) is 0 Å². The number of aromatic nitrogens is 1. The number of hydrogen-bond acceptors (Lipinski definition) is 7. The normalized spacial score (nSPS) is 10.6. The van der Waals surface area contributed by atoms with Gasteiger partial charge in [0.2, 0.25) is 5.89 Å². The molecule has 0 aliphatic carbocycles. The molecule has 0 aliphatic rings. The van der Waals surface area contributed by atoms with Gasteiger partial charge in [0.15, 0.2) is 17.1 Å². The lowest BCUT2D eigenvalue weighted by molar-refractivity contribution is -0.384. The molecule has 0 fully saturated rings. The first-order chi connectivity index (χ1) is 15.0. The Morgan fingerprint density at radius 3 is 2.58 bits per heavy atom. The van der Waals surface area contributed by atoms with Gasteiger partial charge in [0, 0.05) is 28.9 Å². The maximum atomic E-state index is 12.5. The molecule has 1 amide bonds. The molecule has 0 saturated carbocycles. The molecule has 4 aromatic rings. The van der Waals surface area contributed by atoms with Crippen molar-refractivity contribution in [3.63, 3.8) is 0 Å². The lowest BCUT2D eigenvalue weighted by Gasteiger charge is -2.07. The van der Waals surface area contributed by atoms with E-state index in [1.54, 1.807) is 50.6 Å². The van der Waals surface area contributed by atoms with Crippen LogP contribution in [0.4, 0.5) is 11.4 Å². The van der Waals surface area contributed by atoms with Crippen molar-refractivity contribution in [2.24, 2.45) is 0 Å². The minimum atomic E-state index is -0.548. The third-order valence-electron chi connectivity index (χ3n) is 4.60. The van der Waals surface area contributed by atoms with E-state index in [0.717, 1.165) is 0 Å². The van der Waals surface area contributed by atoms with Gasteiger partial charge in [-0.15, -0.1) is 0 Å². The second-order valence-corrected chi connectivity index (χ2v) is 6.53. The summed E-state index contributed by atoms with van der Waals surface area (Å²) in [6.07, 6.45) is 0. The van der Waals surface area contributed by atoms with Gasteiger partial charge < -0.3 is 19.2 Å². The van der Waals surface area contributed by atoms with Crippen LogP contribution >= 0.6 is 0 Å². The number of nitro benzene ring substituents is 1. The van der Waals surface area contributed by atoms with E-state index in [-0.39, 0.29) is 11.3 Å². The number of nitro groups is 1. The molecular formula is C22H17N3O6. The first kappa shape index (κ1) is 19.9. The number of methoxy groups -OCH3 is 2. The molecule has 0 bridgehead atoms. The minimum Gasteiger partial charge on any atom is -0.493 e. The summed E-state index contributed by atoms with van der Waals surface area (Å²) in [5.41, 5.74) is 2.30. The Balaban J connectivity index is 1.60. The van der Waals surface area contributed by atoms with Crippen LogP contribution in [-0.4, -0.2) is 30.0 Å². The van der Waals surface area contributed by atoms with E-state index in [1.165, 1.54) is 24.3 Å². The van der Waals surface area contributed by atoms with Crippen molar-refractivity contribution in [2.45, 2.75) is 0 Å². The number of amides is 1. The Bertz CT molecular complexity index is 1300. The van der Waals surface area contributed by atoms with Gasteiger partial charge in [0.05, 0.1) is 19.1 Å². The summed E-state index contributed by atoms with van der Waals surface area (Å²) in [5, 5.41) is 13.6. The van der Waals surface area contributed by atoms with Crippen molar-refractivity contribution in [3.05, 3.63) is 76.3 Å². The maximum Gasteiger partial charge on any atom is 0.270 e. The zero-order valence-electron chi connectivity index (χ0n) is 16.6. The Morgan fingerprint density at radius 2 is 1.84 bits per heavy atom. The molecule has 31 heavy (non-hydrogen) atoms. The zero-order chi connectivity index (χ0) is 22.0. The van der Waals surface area contributed by atoms with Crippen molar-refractivity contribution >= 4 is 28.4 Å². The van der Waals surface area contributed by atoms with Gasteiger partial charge in [0.25, 0.3) is 11.6 Å². The largest absolute Gasteiger partial charge is 0.493 e. The van der Waals surface area contributed by atoms with Crippen LogP contribution in [0.3, 0.4) is 0 Å². The van der Waals surface area contributed by atoms with Crippen LogP contribution < -0.4 is 14.8 Å². The second-order valence-electron chi connectivity index (χ2n) is 6.53. The summed E-state index contributed by atoms with van der Waals surface area (Å²) in [4.78, 5) is 27.3. The molecule has 3 aromatic carbocycles. The molecule has 0 radical (unpaired) electrons. The van der Waals surface area contributed by atoms with E-state index in [4.69, 9.17) is 13.9 Å². The van der Waals surface area contributed by atoms with E-state index >= 15 is 0 Å². The van der Waals surface area contributed by atoms with Gasteiger partial charge >= 0.3 is 0 Å². The van der Waals surface area contributed by atoms with Crippen LogP contribution in [0.2, 0.25) is 0 Å². The number of hydrogen-bond donors (Lipinski definition) is 1. The summed E-state index contributed by atoms with van der Waals surface area (Å²) < 4.78 is 16.4. The molecule has 0 atom stereocenters. The SMILES string of the molecule is COc1ccc(-c2nc3cc(NC(=O)c4cccc([N+](=O)[O-])c4)ccc3o2)cc1OC. The second kappa shape index (κ2) is 8.15. The van der Waals surface area contributed by atoms with Gasteiger partial charge in [-0.1, -0.05) is 6.07 Å². The van der Waals surface area contributed by atoms with Crippen LogP contribution in [0.5, 0.6) is 11.5 Å². The fourth-order valence-corrected chi connectivity index (χ4v) is 3.06. The number of carbonyl (C=O) groups excluding carboxylic acids is 1. The van der Waals surface area contributed by atoms with Gasteiger partial charge in [-0.2, -0.15) is 0 Å². The molecule has 9 nitrogen and oxygen atoms in total. The fourth-order valence-electron chi connectivity index (χ4n) is 3.06. The zero-order valence-corrected chi connectivity index (χ0v) is 16.6. The number of rotatable bonds is 6. The summed E-state index contributed by atoms with van der Waals surface area (Å²) in [5.74, 6) is 1.06.